The number of halogens is 4. The third kappa shape index (κ3) is 2.82. The Labute approximate surface area is 154 Å². The zero-order valence-electron chi connectivity index (χ0n) is 13.5. The molecule has 4 amide bonds. The molecule has 0 aromatic rings. The predicted octanol–water partition coefficient (Wildman–Crippen LogP) is 0.414. The van der Waals surface area contributed by atoms with E-state index in [1.54, 1.807) is 4.90 Å². The number of nitrogens with one attached hydrogen (secondary N) is 1. The Morgan fingerprint density at radius 2 is 2.00 bits per heavy atom. The van der Waals surface area contributed by atoms with Gasteiger partial charge in [0, 0.05) is 26.2 Å². The van der Waals surface area contributed by atoms with Gasteiger partial charge >= 0.3 is 18.1 Å². The van der Waals surface area contributed by atoms with Crippen molar-refractivity contribution in [2.24, 2.45) is 4.99 Å². The van der Waals surface area contributed by atoms with Crippen molar-refractivity contribution in [3.63, 3.8) is 0 Å². The molecule has 2 saturated heterocycles. The first kappa shape index (κ1) is 18.9. The number of piperidine rings is 1. The Morgan fingerprint density at radius 3 is 2.54 bits per heavy atom. The van der Waals surface area contributed by atoms with Crippen LogP contribution < -0.4 is 5.32 Å². The van der Waals surface area contributed by atoms with Crippen LogP contribution in [0.15, 0.2) is 4.99 Å². The van der Waals surface area contributed by atoms with Gasteiger partial charge in [-0.2, -0.15) is 13.2 Å². The van der Waals surface area contributed by atoms with Crippen molar-refractivity contribution in [1.29, 1.82) is 0 Å². The van der Waals surface area contributed by atoms with Crippen molar-refractivity contribution in [3.05, 3.63) is 0 Å². The van der Waals surface area contributed by atoms with Crippen LogP contribution >= 0.6 is 16.1 Å². The number of urea groups is 1. The molecule has 0 radical (unpaired) electrons. The molecule has 3 rings (SSSR count). The molecule has 13 heteroatoms. The topological polar surface area (TPSA) is 94.6 Å². The smallest absolute Gasteiger partial charge is 0.346 e. The zero-order valence-corrected chi connectivity index (χ0v) is 15.1. The third-order valence-electron chi connectivity index (χ3n) is 4.70. The average molecular weight is 442 g/mol. The van der Waals surface area contributed by atoms with E-state index in [4.69, 9.17) is 4.74 Å². The van der Waals surface area contributed by atoms with E-state index < -0.39 is 35.9 Å². The summed E-state index contributed by atoms with van der Waals surface area (Å²) >= 11 is 3.09. The van der Waals surface area contributed by atoms with E-state index in [9.17, 15) is 27.6 Å². The lowest BCUT2D eigenvalue weighted by Gasteiger charge is -2.46. The van der Waals surface area contributed by atoms with Crippen LogP contribution in [0.1, 0.15) is 12.8 Å². The maximum Gasteiger partial charge on any atom is 0.471 e. The lowest BCUT2D eigenvalue weighted by molar-refractivity contribution is -0.187. The second-order valence-corrected chi connectivity index (χ2v) is 6.82. The SMILES string of the molecule is COC12N=CN(C3CCN(C(=O)C(F)(F)F)CC3)C1N(Br)C(=O)NC2=O. The summed E-state index contributed by atoms with van der Waals surface area (Å²) in [7, 11) is 1.27. The van der Waals surface area contributed by atoms with Crippen LogP contribution in [0.4, 0.5) is 18.0 Å². The van der Waals surface area contributed by atoms with Gasteiger partial charge in [-0.05, 0) is 12.8 Å². The van der Waals surface area contributed by atoms with Gasteiger partial charge in [0.15, 0.2) is 6.17 Å². The molecule has 9 nitrogen and oxygen atoms in total. The summed E-state index contributed by atoms with van der Waals surface area (Å²) in [5.41, 5.74) is -1.67. The molecular weight excluding hydrogens is 427 g/mol. The third-order valence-corrected chi connectivity index (χ3v) is 5.41. The Hall–Kier alpha value is -1.89. The molecule has 0 aromatic heterocycles. The van der Waals surface area contributed by atoms with Gasteiger partial charge in [-0.1, -0.05) is 0 Å². The molecule has 3 aliphatic heterocycles. The van der Waals surface area contributed by atoms with E-state index in [-0.39, 0.29) is 32.0 Å². The molecule has 0 aliphatic carbocycles. The molecule has 0 aromatic carbocycles. The summed E-state index contributed by atoms with van der Waals surface area (Å²) in [6, 6.07) is -1.02. The van der Waals surface area contributed by atoms with E-state index in [0.29, 0.717) is 0 Å². The summed E-state index contributed by atoms with van der Waals surface area (Å²) in [6.45, 7) is -0.190. The minimum atomic E-state index is -4.91. The highest BCUT2D eigenvalue weighted by Gasteiger charge is 2.61. The lowest BCUT2D eigenvalue weighted by atomic mass is 10.0. The number of ether oxygens (including phenoxy) is 1. The van der Waals surface area contributed by atoms with Crippen LogP contribution in [0.5, 0.6) is 0 Å². The van der Waals surface area contributed by atoms with Crippen molar-refractivity contribution < 1.29 is 32.3 Å². The fraction of sp³-hybridized carbons (Fsp3) is 0.692. The van der Waals surface area contributed by atoms with Crippen LogP contribution in [-0.4, -0.2) is 82.2 Å². The number of nitrogens with zero attached hydrogens (tertiary/aromatic N) is 4. The maximum absolute atomic E-state index is 12.6. The zero-order chi connectivity index (χ0) is 19.3. The summed E-state index contributed by atoms with van der Waals surface area (Å²) < 4.78 is 44.0. The van der Waals surface area contributed by atoms with Crippen LogP contribution in [0.25, 0.3) is 0 Å². The molecule has 3 aliphatic rings. The number of hydrogen-bond donors (Lipinski definition) is 1. The fourth-order valence-corrected chi connectivity index (χ4v) is 3.95. The number of fused-ring (bicyclic) bond motifs is 1. The van der Waals surface area contributed by atoms with Crippen molar-refractivity contribution in [3.8, 4) is 0 Å². The van der Waals surface area contributed by atoms with Crippen LogP contribution in [0.2, 0.25) is 0 Å². The van der Waals surface area contributed by atoms with E-state index in [2.05, 4.69) is 26.5 Å². The Morgan fingerprint density at radius 1 is 1.38 bits per heavy atom. The number of amides is 4. The van der Waals surface area contributed by atoms with E-state index >= 15 is 0 Å². The largest absolute Gasteiger partial charge is 0.471 e. The van der Waals surface area contributed by atoms with Gasteiger partial charge < -0.3 is 14.5 Å². The predicted molar refractivity (Wildman–Crippen MR) is 83.8 cm³/mol. The molecule has 3 heterocycles. The number of likely N-dealkylation sites (tertiary alicyclic amines) is 1. The average Bonchev–Trinajstić information content (AvgIpc) is 3.00. The molecule has 26 heavy (non-hydrogen) atoms. The van der Waals surface area contributed by atoms with Crippen LogP contribution in [0, 0.1) is 0 Å². The number of rotatable bonds is 2. The van der Waals surface area contributed by atoms with Gasteiger partial charge in [-0.25, -0.2) is 13.7 Å². The Kier molecular flexibility index (Phi) is 4.63. The molecule has 144 valence electrons. The molecule has 2 unspecified atom stereocenters. The normalized spacial score (nSPS) is 29.9. The molecule has 1 N–H and O–H groups in total. The molecule has 2 atom stereocenters. The minimum absolute atomic E-state index is 0.0948. The van der Waals surface area contributed by atoms with E-state index in [1.165, 1.54) is 13.4 Å². The number of hydrogen-bond acceptors (Lipinski definition) is 6. The fourth-order valence-electron chi connectivity index (χ4n) is 3.37. The number of imide groups is 1. The van der Waals surface area contributed by atoms with Gasteiger partial charge in [-0.3, -0.25) is 14.9 Å². The summed E-state index contributed by atoms with van der Waals surface area (Å²) in [5.74, 6) is -2.60. The molecule has 0 saturated carbocycles. The Balaban J connectivity index is 1.75. The highest BCUT2D eigenvalue weighted by Crippen LogP contribution is 2.37. The molecule has 0 bridgehead atoms. The number of carbonyl (C=O) groups is 3. The first-order valence-corrected chi connectivity index (χ1v) is 8.37. The Bertz CT molecular complexity index is 667. The quantitative estimate of drug-likeness (QED) is 0.626. The van der Waals surface area contributed by atoms with Crippen LogP contribution in [-0.2, 0) is 14.3 Å². The lowest BCUT2D eigenvalue weighted by Crippen LogP contribution is -2.70. The van der Waals surface area contributed by atoms with Gasteiger partial charge in [-0.15, -0.1) is 0 Å². The van der Waals surface area contributed by atoms with E-state index in [0.717, 1.165) is 8.83 Å². The molecular formula is C13H15BrF3N5O4. The highest BCUT2D eigenvalue weighted by molar-refractivity contribution is 9.07. The molecule has 0 spiro atoms. The van der Waals surface area contributed by atoms with E-state index in [1.807, 2.05) is 0 Å². The van der Waals surface area contributed by atoms with Crippen LogP contribution in [0.3, 0.4) is 0 Å². The van der Waals surface area contributed by atoms with Crippen molar-refractivity contribution in [2.75, 3.05) is 20.2 Å². The van der Waals surface area contributed by atoms with Gasteiger partial charge in [0.2, 0.25) is 0 Å². The summed E-state index contributed by atoms with van der Waals surface area (Å²) in [5, 5.41) is 2.11. The van der Waals surface area contributed by atoms with Crippen molar-refractivity contribution in [2.45, 2.75) is 37.0 Å². The van der Waals surface area contributed by atoms with Gasteiger partial charge in [0.1, 0.15) is 0 Å². The second kappa shape index (κ2) is 6.37. The van der Waals surface area contributed by atoms with Crippen molar-refractivity contribution in [1.82, 2.24) is 19.0 Å². The van der Waals surface area contributed by atoms with Crippen molar-refractivity contribution >= 4 is 40.3 Å². The molecule has 2 fully saturated rings. The summed E-state index contributed by atoms with van der Waals surface area (Å²) in [4.78, 5) is 42.0. The maximum atomic E-state index is 12.6. The standard InChI is InChI=1S/C13H15BrF3N5O4/c1-26-12-8(23)19-11(25)22(14)9(12)21(6-18-12)7-2-4-20(5-3-7)10(24)13(15,16)17/h6-7,9H,2-5H2,1H3,(H,19,23,25). The summed E-state index contributed by atoms with van der Waals surface area (Å²) in [6.07, 6.45) is -4.04. The number of methoxy groups -OCH3 is 1. The minimum Gasteiger partial charge on any atom is -0.346 e. The highest BCUT2D eigenvalue weighted by atomic mass is 79.9. The number of aliphatic imine (C=N–C) groups is 1. The second-order valence-electron chi connectivity index (χ2n) is 6.06. The van der Waals surface area contributed by atoms with Gasteiger partial charge in [0.25, 0.3) is 11.6 Å². The number of carbonyl (C=O) groups excluding carboxylic acids is 3. The monoisotopic (exact) mass is 441 g/mol. The first-order chi connectivity index (χ1) is 12.1. The number of alkyl halides is 3. The first-order valence-electron chi connectivity index (χ1n) is 7.66. The van der Waals surface area contributed by atoms with Gasteiger partial charge in [0.05, 0.1) is 22.5 Å².